The molecule has 1 amide bonds. The molecule has 0 unspecified atom stereocenters. The van der Waals surface area contributed by atoms with E-state index >= 15 is 0 Å². The SMILES string of the molecule is Cc1ccc(C)c(NC(=O)COC2CCNCC2)c1. The summed E-state index contributed by atoms with van der Waals surface area (Å²) in [6.45, 7) is 6.09. The lowest BCUT2D eigenvalue weighted by Crippen LogP contribution is -2.34. The standard InChI is InChI=1S/C15H22N2O2/c1-11-3-4-12(2)14(9-11)17-15(18)10-19-13-5-7-16-8-6-13/h3-4,9,13,16H,5-8,10H2,1-2H3,(H,17,18). The van der Waals surface area contributed by atoms with Gasteiger partial charge < -0.3 is 15.4 Å². The Hall–Kier alpha value is -1.39. The van der Waals surface area contributed by atoms with Gasteiger partial charge in [-0.05, 0) is 57.0 Å². The van der Waals surface area contributed by atoms with Gasteiger partial charge in [0.05, 0.1) is 6.10 Å². The molecule has 2 rings (SSSR count). The fraction of sp³-hybridized carbons (Fsp3) is 0.533. The van der Waals surface area contributed by atoms with E-state index in [0.29, 0.717) is 0 Å². The minimum absolute atomic E-state index is 0.0766. The summed E-state index contributed by atoms with van der Waals surface area (Å²) in [5.41, 5.74) is 3.08. The quantitative estimate of drug-likeness (QED) is 0.872. The minimum Gasteiger partial charge on any atom is -0.368 e. The summed E-state index contributed by atoms with van der Waals surface area (Å²) in [4.78, 5) is 11.9. The number of hydrogen-bond acceptors (Lipinski definition) is 3. The van der Waals surface area contributed by atoms with Crippen LogP contribution in [0, 0.1) is 13.8 Å². The number of rotatable bonds is 4. The lowest BCUT2D eigenvalue weighted by atomic mass is 10.1. The Morgan fingerprint density at radius 2 is 2.11 bits per heavy atom. The van der Waals surface area contributed by atoms with Gasteiger partial charge in [0.25, 0.3) is 0 Å². The summed E-state index contributed by atoms with van der Waals surface area (Å²) in [5.74, 6) is -0.0766. The highest BCUT2D eigenvalue weighted by atomic mass is 16.5. The average molecular weight is 262 g/mol. The molecule has 104 valence electrons. The van der Waals surface area contributed by atoms with E-state index in [2.05, 4.69) is 10.6 Å². The van der Waals surface area contributed by atoms with Crippen molar-refractivity contribution in [3.8, 4) is 0 Å². The minimum atomic E-state index is -0.0766. The van der Waals surface area contributed by atoms with E-state index < -0.39 is 0 Å². The molecule has 1 aliphatic heterocycles. The first-order chi connectivity index (χ1) is 9.15. The van der Waals surface area contributed by atoms with Crippen molar-refractivity contribution in [3.63, 3.8) is 0 Å². The number of amides is 1. The largest absolute Gasteiger partial charge is 0.368 e. The van der Waals surface area contributed by atoms with Crippen LogP contribution >= 0.6 is 0 Å². The predicted molar refractivity (Wildman–Crippen MR) is 76.4 cm³/mol. The van der Waals surface area contributed by atoms with Gasteiger partial charge in [-0.1, -0.05) is 12.1 Å². The number of nitrogens with one attached hydrogen (secondary N) is 2. The van der Waals surface area contributed by atoms with Crippen LogP contribution in [0.25, 0.3) is 0 Å². The Morgan fingerprint density at radius 1 is 1.37 bits per heavy atom. The Morgan fingerprint density at radius 3 is 2.84 bits per heavy atom. The summed E-state index contributed by atoms with van der Waals surface area (Å²) < 4.78 is 5.64. The van der Waals surface area contributed by atoms with E-state index in [1.54, 1.807) is 0 Å². The maximum absolute atomic E-state index is 11.9. The molecule has 1 aromatic rings. The normalized spacial score (nSPS) is 16.3. The Balaban J connectivity index is 1.81. The van der Waals surface area contributed by atoms with Crippen LogP contribution in [-0.2, 0) is 9.53 Å². The number of benzene rings is 1. The van der Waals surface area contributed by atoms with Crippen LogP contribution < -0.4 is 10.6 Å². The molecule has 0 atom stereocenters. The first kappa shape index (κ1) is 14.0. The van der Waals surface area contributed by atoms with Crippen molar-refractivity contribution in [1.29, 1.82) is 0 Å². The van der Waals surface area contributed by atoms with Crippen LogP contribution in [0.5, 0.6) is 0 Å². The molecule has 19 heavy (non-hydrogen) atoms. The van der Waals surface area contributed by atoms with Gasteiger partial charge in [-0.15, -0.1) is 0 Å². The topological polar surface area (TPSA) is 50.4 Å². The molecule has 4 nitrogen and oxygen atoms in total. The monoisotopic (exact) mass is 262 g/mol. The second kappa shape index (κ2) is 6.68. The van der Waals surface area contributed by atoms with Crippen LogP contribution in [-0.4, -0.2) is 31.7 Å². The number of ether oxygens (including phenoxy) is 1. The molecular formula is C15H22N2O2. The average Bonchev–Trinajstić information content (AvgIpc) is 2.42. The molecule has 1 saturated heterocycles. The van der Waals surface area contributed by atoms with Crippen LogP contribution in [0.4, 0.5) is 5.69 Å². The smallest absolute Gasteiger partial charge is 0.250 e. The highest BCUT2D eigenvalue weighted by Gasteiger charge is 2.15. The number of carbonyl (C=O) groups excluding carboxylic acids is 1. The van der Waals surface area contributed by atoms with Crippen molar-refractivity contribution in [3.05, 3.63) is 29.3 Å². The molecule has 1 heterocycles. The van der Waals surface area contributed by atoms with E-state index in [9.17, 15) is 4.79 Å². The van der Waals surface area contributed by atoms with Crippen molar-refractivity contribution < 1.29 is 9.53 Å². The summed E-state index contributed by atoms with van der Waals surface area (Å²) in [5, 5.41) is 6.19. The van der Waals surface area contributed by atoms with Crippen molar-refractivity contribution in [2.75, 3.05) is 25.0 Å². The molecule has 0 aliphatic carbocycles. The van der Waals surface area contributed by atoms with Crippen molar-refractivity contribution >= 4 is 11.6 Å². The van der Waals surface area contributed by atoms with Gasteiger partial charge in [0.15, 0.2) is 0 Å². The number of piperidine rings is 1. The first-order valence-corrected chi connectivity index (χ1v) is 6.84. The zero-order valence-corrected chi connectivity index (χ0v) is 11.7. The molecule has 0 radical (unpaired) electrons. The summed E-state index contributed by atoms with van der Waals surface area (Å²) in [6.07, 6.45) is 2.18. The number of hydrogen-bond donors (Lipinski definition) is 2. The van der Waals surface area contributed by atoms with Gasteiger partial charge in [0, 0.05) is 5.69 Å². The molecule has 0 aromatic heterocycles. The van der Waals surface area contributed by atoms with E-state index in [0.717, 1.165) is 42.7 Å². The Kier molecular flexibility index (Phi) is 4.93. The van der Waals surface area contributed by atoms with Crippen LogP contribution in [0.15, 0.2) is 18.2 Å². The maximum Gasteiger partial charge on any atom is 0.250 e. The molecule has 1 fully saturated rings. The van der Waals surface area contributed by atoms with Gasteiger partial charge in [0.1, 0.15) is 6.61 Å². The van der Waals surface area contributed by atoms with E-state index in [4.69, 9.17) is 4.74 Å². The van der Waals surface area contributed by atoms with Gasteiger partial charge in [-0.25, -0.2) is 0 Å². The zero-order valence-electron chi connectivity index (χ0n) is 11.7. The summed E-state index contributed by atoms with van der Waals surface area (Å²) >= 11 is 0. The molecule has 2 N–H and O–H groups in total. The molecule has 0 bridgehead atoms. The van der Waals surface area contributed by atoms with Gasteiger partial charge in [-0.2, -0.15) is 0 Å². The van der Waals surface area contributed by atoms with E-state index in [1.165, 1.54) is 0 Å². The number of aryl methyl sites for hydroxylation is 2. The highest BCUT2D eigenvalue weighted by Crippen LogP contribution is 2.16. The van der Waals surface area contributed by atoms with Gasteiger partial charge in [0.2, 0.25) is 5.91 Å². The van der Waals surface area contributed by atoms with E-state index in [-0.39, 0.29) is 18.6 Å². The second-order valence-corrected chi connectivity index (χ2v) is 5.13. The molecule has 0 saturated carbocycles. The third-order valence-corrected chi connectivity index (χ3v) is 3.40. The van der Waals surface area contributed by atoms with Crippen molar-refractivity contribution in [2.24, 2.45) is 0 Å². The predicted octanol–water partition coefficient (Wildman–Crippen LogP) is 2.01. The number of carbonyl (C=O) groups is 1. The maximum atomic E-state index is 11.9. The number of anilines is 1. The first-order valence-electron chi connectivity index (χ1n) is 6.84. The van der Waals surface area contributed by atoms with Crippen LogP contribution in [0.3, 0.4) is 0 Å². The lowest BCUT2D eigenvalue weighted by molar-refractivity contribution is -0.123. The van der Waals surface area contributed by atoms with E-state index in [1.807, 2.05) is 32.0 Å². The molecule has 1 aromatic carbocycles. The lowest BCUT2D eigenvalue weighted by Gasteiger charge is -2.22. The van der Waals surface area contributed by atoms with Crippen molar-refractivity contribution in [1.82, 2.24) is 5.32 Å². The third-order valence-electron chi connectivity index (χ3n) is 3.40. The highest BCUT2D eigenvalue weighted by molar-refractivity contribution is 5.92. The molecular weight excluding hydrogens is 240 g/mol. The second-order valence-electron chi connectivity index (χ2n) is 5.13. The Bertz CT molecular complexity index is 440. The van der Waals surface area contributed by atoms with Crippen LogP contribution in [0.2, 0.25) is 0 Å². The van der Waals surface area contributed by atoms with Crippen LogP contribution in [0.1, 0.15) is 24.0 Å². The molecule has 0 spiro atoms. The molecule has 4 heteroatoms. The Labute approximate surface area is 114 Å². The summed E-state index contributed by atoms with van der Waals surface area (Å²) in [6, 6.07) is 6.03. The third kappa shape index (κ3) is 4.33. The fourth-order valence-electron chi connectivity index (χ4n) is 2.21. The van der Waals surface area contributed by atoms with Gasteiger partial charge in [-0.3, -0.25) is 4.79 Å². The summed E-state index contributed by atoms with van der Waals surface area (Å²) in [7, 11) is 0. The molecule has 1 aliphatic rings. The van der Waals surface area contributed by atoms with Crippen molar-refractivity contribution in [2.45, 2.75) is 32.8 Å². The fourth-order valence-corrected chi connectivity index (χ4v) is 2.21. The van der Waals surface area contributed by atoms with Gasteiger partial charge >= 0.3 is 0 Å². The zero-order chi connectivity index (χ0) is 13.7.